The van der Waals surface area contributed by atoms with Crippen molar-refractivity contribution in [3.63, 3.8) is 0 Å². The van der Waals surface area contributed by atoms with Crippen LogP contribution in [0.15, 0.2) is 53.5 Å². The van der Waals surface area contributed by atoms with E-state index < -0.39 is 0 Å². The summed E-state index contributed by atoms with van der Waals surface area (Å²) >= 11 is 0. The third-order valence-corrected chi connectivity index (χ3v) is 5.03. The van der Waals surface area contributed by atoms with Crippen LogP contribution in [0, 0.1) is 5.82 Å². The lowest BCUT2D eigenvalue weighted by Gasteiger charge is -2.35. The van der Waals surface area contributed by atoms with E-state index in [9.17, 15) is 4.39 Å². The van der Waals surface area contributed by atoms with E-state index in [4.69, 9.17) is 9.47 Å². The molecule has 1 aliphatic rings. The molecule has 30 heavy (non-hydrogen) atoms. The van der Waals surface area contributed by atoms with E-state index in [1.165, 1.54) is 6.07 Å². The molecule has 164 valence electrons. The lowest BCUT2D eigenvalue weighted by atomic mass is 10.0. The second kappa shape index (κ2) is 12.7. The van der Waals surface area contributed by atoms with Gasteiger partial charge in [-0.05, 0) is 35.4 Å². The zero-order valence-electron chi connectivity index (χ0n) is 17.4. The van der Waals surface area contributed by atoms with Gasteiger partial charge in [0, 0.05) is 33.2 Å². The van der Waals surface area contributed by atoms with E-state index in [1.54, 1.807) is 26.3 Å². The summed E-state index contributed by atoms with van der Waals surface area (Å²) in [5.74, 6) is 1.32. The summed E-state index contributed by atoms with van der Waals surface area (Å²) in [4.78, 5) is 6.64. The third-order valence-electron chi connectivity index (χ3n) is 5.03. The summed E-state index contributed by atoms with van der Waals surface area (Å²) < 4.78 is 24.5. The van der Waals surface area contributed by atoms with Gasteiger partial charge in [-0.2, -0.15) is 0 Å². The van der Waals surface area contributed by atoms with Crippen molar-refractivity contribution in [2.45, 2.75) is 12.6 Å². The zero-order chi connectivity index (χ0) is 20.5. The monoisotopic (exact) mass is 528 g/mol. The van der Waals surface area contributed by atoms with Crippen LogP contribution in [0.5, 0.6) is 5.75 Å². The maximum Gasteiger partial charge on any atom is 0.191 e. The van der Waals surface area contributed by atoms with Crippen LogP contribution >= 0.6 is 24.0 Å². The van der Waals surface area contributed by atoms with Gasteiger partial charge in [0.15, 0.2) is 5.96 Å². The van der Waals surface area contributed by atoms with Crippen molar-refractivity contribution in [1.29, 1.82) is 0 Å². The molecule has 0 aromatic heterocycles. The molecule has 2 aromatic rings. The normalized spacial score (nSPS) is 15.8. The van der Waals surface area contributed by atoms with Gasteiger partial charge < -0.3 is 20.1 Å². The minimum atomic E-state index is -0.220. The van der Waals surface area contributed by atoms with Crippen LogP contribution in [0.25, 0.3) is 0 Å². The SMILES string of the molecule is CN=C(NCc1ccc(OC)cc1)NCC(c1cccc(F)c1)N1CCOCC1.I. The van der Waals surface area contributed by atoms with Crippen molar-refractivity contribution in [2.24, 2.45) is 4.99 Å². The number of nitrogens with one attached hydrogen (secondary N) is 2. The van der Waals surface area contributed by atoms with Crippen molar-refractivity contribution in [3.8, 4) is 5.75 Å². The Morgan fingerprint density at radius 1 is 1.17 bits per heavy atom. The molecule has 1 saturated heterocycles. The quantitative estimate of drug-likeness (QED) is 0.329. The predicted octanol–water partition coefficient (Wildman–Crippen LogP) is 3.19. The van der Waals surface area contributed by atoms with Gasteiger partial charge in [-0.1, -0.05) is 24.3 Å². The molecule has 1 fully saturated rings. The summed E-state index contributed by atoms with van der Waals surface area (Å²) in [5.41, 5.74) is 2.08. The van der Waals surface area contributed by atoms with Gasteiger partial charge in [-0.15, -0.1) is 24.0 Å². The minimum absolute atomic E-state index is 0. The number of nitrogens with zero attached hydrogens (tertiary/aromatic N) is 2. The van der Waals surface area contributed by atoms with E-state index in [0.29, 0.717) is 32.3 Å². The van der Waals surface area contributed by atoms with Gasteiger partial charge in [0.1, 0.15) is 11.6 Å². The molecule has 0 radical (unpaired) electrons. The smallest absolute Gasteiger partial charge is 0.191 e. The number of ether oxygens (including phenoxy) is 2. The Bertz CT molecular complexity index is 798. The molecule has 0 bridgehead atoms. The first-order chi connectivity index (χ1) is 14.2. The number of methoxy groups -OCH3 is 1. The van der Waals surface area contributed by atoms with E-state index in [0.717, 1.165) is 30.0 Å². The lowest BCUT2D eigenvalue weighted by Crippen LogP contribution is -2.46. The van der Waals surface area contributed by atoms with Crippen molar-refractivity contribution in [3.05, 3.63) is 65.5 Å². The third kappa shape index (κ3) is 7.10. The molecule has 8 heteroatoms. The Balaban J connectivity index is 0.00000320. The highest BCUT2D eigenvalue weighted by Gasteiger charge is 2.23. The zero-order valence-corrected chi connectivity index (χ0v) is 19.8. The molecule has 3 rings (SSSR count). The van der Waals surface area contributed by atoms with Gasteiger partial charge in [0.25, 0.3) is 0 Å². The molecule has 1 aliphatic heterocycles. The van der Waals surface area contributed by atoms with Crippen LogP contribution in [0.4, 0.5) is 4.39 Å². The first kappa shape index (κ1) is 24.4. The number of hydrogen-bond acceptors (Lipinski definition) is 4. The largest absolute Gasteiger partial charge is 0.497 e. The van der Waals surface area contributed by atoms with Gasteiger partial charge in [0.05, 0.1) is 26.4 Å². The van der Waals surface area contributed by atoms with Crippen LogP contribution in [0.1, 0.15) is 17.2 Å². The number of guanidine groups is 1. The Morgan fingerprint density at radius 2 is 1.90 bits per heavy atom. The maximum absolute atomic E-state index is 13.8. The predicted molar refractivity (Wildman–Crippen MR) is 128 cm³/mol. The lowest BCUT2D eigenvalue weighted by molar-refractivity contribution is 0.0169. The first-order valence-electron chi connectivity index (χ1n) is 9.84. The summed E-state index contributed by atoms with van der Waals surface area (Å²) in [7, 11) is 3.40. The number of halogens is 2. The van der Waals surface area contributed by atoms with Crippen molar-refractivity contribution in [1.82, 2.24) is 15.5 Å². The Labute approximate surface area is 194 Å². The molecule has 2 N–H and O–H groups in total. The highest BCUT2D eigenvalue weighted by atomic mass is 127. The van der Waals surface area contributed by atoms with Crippen molar-refractivity contribution < 1.29 is 13.9 Å². The fourth-order valence-corrected chi connectivity index (χ4v) is 3.40. The summed E-state index contributed by atoms with van der Waals surface area (Å²) in [5, 5.41) is 6.71. The Kier molecular flexibility index (Phi) is 10.3. The number of rotatable bonds is 7. The van der Waals surface area contributed by atoms with E-state index in [-0.39, 0.29) is 35.8 Å². The van der Waals surface area contributed by atoms with Gasteiger partial charge in [-0.3, -0.25) is 9.89 Å². The average Bonchev–Trinajstić information content (AvgIpc) is 2.77. The maximum atomic E-state index is 13.8. The second-order valence-electron chi connectivity index (χ2n) is 6.87. The molecule has 0 aliphatic carbocycles. The van der Waals surface area contributed by atoms with Crippen LogP contribution < -0.4 is 15.4 Å². The number of aliphatic imine (C=N–C) groups is 1. The molecule has 1 unspecified atom stereocenters. The molecule has 1 heterocycles. The van der Waals surface area contributed by atoms with Crippen LogP contribution in [0.3, 0.4) is 0 Å². The fourth-order valence-electron chi connectivity index (χ4n) is 3.40. The first-order valence-corrected chi connectivity index (χ1v) is 9.84. The number of morpholine rings is 1. The number of benzene rings is 2. The van der Waals surface area contributed by atoms with Crippen molar-refractivity contribution in [2.75, 3.05) is 47.0 Å². The molecular weight excluding hydrogens is 498 g/mol. The topological polar surface area (TPSA) is 58.1 Å². The van der Waals surface area contributed by atoms with E-state index >= 15 is 0 Å². The fraction of sp³-hybridized carbons (Fsp3) is 0.409. The highest BCUT2D eigenvalue weighted by Crippen LogP contribution is 2.22. The Hall–Kier alpha value is -1.91. The molecule has 0 saturated carbocycles. The van der Waals surface area contributed by atoms with Gasteiger partial charge >= 0.3 is 0 Å². The molecule has 1 atom stereocenters. The highest BCUT2D eigenvalue weighted by molar-refractivity contribution is 14.0. The average molecular weight is 528 g/mol. The summed E-state index contributed by atoms with van der Waals surface area (Å²) in [6, 6.07) is 14.8. The van der Waals surface area contributed by atoms with Crippen molar-refractivity contribution >= 4 is 29.9 Å². The summed E-state index contributed by atoms with van der Waals surface area (Å²) in [6.45, 7) is 4.28. The van der Waals surface area contributed by atoms with E-state index in [1.807, 2.05) is 30.3 Å². The molecule has 2 aromatic carbocycles. The second-order valence-corrected chi connectivity index (χ2v) is 6.87. The van der Waals surface area contributed by atoms with Crippen LogP contribution in [-0.2, 0) is 11.3 Å². The molecular formula is C22H30FIN4O2. The van der Waals surface area contributed by atoms with E-state index in [2.05, 4.69) is 20.5 Å². The minimum Gasteiger partial charge on any atom is -0.497 e. The van der Waals surface area contributed by atoms with Crippen LogP contribution in [-0.4, -0.2) is 57.9 Å². The standard InChI is InChI=1S/C22H29FN4O2.HI/c1-24-22(25-15-17-6-8-20(28-2)9-7-17)26-16-21(27-10-12-29-13-11-27)18-4-3-5-19(23)14-18;/h3-9,14,21H,10-13,15-16H2,1-2H3,(H2,24,25,26);1H. The Morgan fingerprint density at radius 3 is 2.53 bits per heavy atom. The molecule has 0 spiro atoms. The molecule has 0 amide bonds. The molecule has 6 nitrogen and oxygen atoms in total. The van der Waals surface area contributed by atoms with Gasteiger partial charge in [0.2, 0.25) is 0 Å². The van der Waals surface area contributed by atoms with Gasteiger partial charge in [-0.25, -0.2) is 4.39 Å². The summed E-state index contributed by atoms with van der Waals surface area (Å²) in [6.07, 6.45) is 0. The van der Waals surface area contributed by atoms with Crippen LogP contribution in [0.2, 0.25) is 0 Å². The number of hydrogen-bond donors (Lipinski definition) is 2.